The monoisotopic (exact) mass is 309 g/mol. The highest BCUT2D eigenvalue weighted by Gasteiger charge is 2.27. The van der Waals surface area contributed by atoms with Crippen molar-refractivity contribution in [2.45, 2.75) is 17.6 Å². The molecule has 0 aliphatic carbocycles. The number of hydrogen-bond donors (Lipinski definition) is 1. The first kappa shape index (κ1) is 17.3. The number of hydrogen-bond acceptors (Lipinski definition) is 4. The van der Waals surface area contributed by atoms with Gasteiger partial charge in [-0.3, -0.25) is 0 Å². The number of thioether (sulfide) groups is 1. The summed E-state index contributed by atoms with van der Waals surface area (Å²) < 4.78 is 45.0. The van der Waals surface area contributed by atoms with E-state index >= 15 is 0 Å². The minimum Gasteiger partial charge on any atom is -0.383 e. The van der Waals surface area contributed by atoms with Gasteiger partial charge in [0.1, 0.15) is 6.61 Å². The van der Waals surface area contributed by atoms with Gasteiger partial charge in [0.2, 0.25) is 0 Å². The van der Waals surface area contributed by atoms with Gasteiger partial charge in [-0.15, -0.1) is 0 Å². The molecule has 1 N–H and O–H groups in total. The maximum Gasteiger partial charge on any atom is 0.411 e. The van der Waals surface area contributed by atoms with Crippen molar-refractivity contribution >= 4 is 11.8 Å². The highest BCUT2D eigenvalue weighted by Crippen LogP contribution is 2.20. The van der Waals surface area contributed by atoms with Crippen LogP contribution >= 0.6 is 11.8 Å². The number of methoxy groups -OCH3 is 1. The molecule has 0 saturated carbocycles. The molecule has 3 nitrogen and oxygen atoms in total. The van der Waals surface area contributed by atoms with Crippen molar-refractivity contribution in [1.29, 1.82) is 0 Å². The Hall–Kier alpha value is -0.760. The second-order valence-electron chi connectivity index (χ2n) is 4.04. The molecule has 0 bridgehead atoms. The summed E-state index contributed by atoms with van der Waals surface area (Å²) in [7, 11) is 1.65. The molecule has 1 aromatic carbocycles. The average molecular weight is 309 g/mol. The van der Waals surface area contributed by atoms with Crippen molar-refractivity contribution in [3.8, 4) is 0 Å². The molecule has 0 atom stereocenters. The third-order valence-corrected chi connectivity index (χ3v) is 3.20. The number of ether oxygens (including phenoxy) is 2. The van der Waals surface area contributed by atoms with Crippen LogP contribution in [0.5, 0.6) is 0 Å². The van der Waals surface area contributed by atoms with Crippen LogP contribution < -0.4 is 5.32 Å². The molecule has 0 unspecified atom stereocenters. The summed E-state index contributed by atoms with van der Waals surface area (Å²) in [6.45, 7) is 0.961. The van der Waals surface area contributed by atoms with Gasteiger partial charge in [-0.1, -0.05) is 23.9 Å². The second-order valence-corrected chi connectivity index (χ2v) is 5.04. The molecule has 114 valence electrons. The molecular weight excluding hydrogens is 291 g/mol. The quantitative estimate of drug-likeness (QED) is 0.431. The molecule has 0 aromatic heterocycles. The first-order valence-corrected chi connectivity index (χ1v) is 7.06. The summed E-state index contributed by atoms with van der Waals surface area (Å²) in [6, 6.07) is 7.61. The van der Waals surface area contributed by atoms with E-state index in [2.05, 4.69) is 10.1 Å². The highest BCUT2D eigenvalue weighted by atomic mass is 32.2. The van der Waals surface area contributed by atoms with Crippen molar-refractivity contribution in [1.82, 2.24) is 5.32 Å². The summed E-state index contributed by atoms with van der Waals surface area (Å²) in [6.07, 6.45) is -4.27. The molecule has 0 spiro atoms. The normalized spacial score (nSPS) is 11.8. The molecule has 0 amide bonds. The molecule has 0 aliphatic rings. The van der Waals surface area contributed by atoms with E-state index in [0.717, 1.165) is 23.5 Å². The van der Waals surface area contributed by atoms with E-state index in [1.165, 1.54) is 11.8 Å². The fourth-order valence-corrected chi connectivity index (χ4v) is 2.01. The highest BCUT2D eigenvalue weighted by molar-refractivity contribution is 7.99. The van der Waals surface area contributed by atoms with E-state index < -0.39 is 12.8 Å². The number of nitrogens with one attached hydrogen (secondary N) is 1. The zero-order valence-electron chi connectivity index (χ0n) is 11.2. The fraction of sp³-hybridized carbons (Fsp3) is 0.538. The molecule has 1 rings (SSSR count). The third-order valence-electron chi connectivity index (χ3n) is 2.31. The van der Waals surface area contributed by atoms with Crippen LogP contribution in [-0.4, -0.2) is 39.0 Å². The topological polar surface area (TPSA) is 30.5 Å². The van der Waals surface area contributed by atoms with E-state index in [1.807, 2.05) is 24.3 Å². The van der Waals surface area contributed by atoms with Gasteiger partial charge in [0.15, 0.2) is 0 Å². The van der Waals surface area contributed by atoms with E-state index in [9.17, 15) is 13.2 Å². The molecular formula is C13H18F3NO2S. The lowest BCUT2D eigenvalue weighted by Crippen LogP contribution is -2.18. The Labute approximate surface area is 120 Å². The Bertz CT molecular complexity index is 371. The first-order valence-electron chi connectivity index (χ1n) is 6.07. The van der Waals surface area contributed by atoms with Crippen LogP contribution in [-0.2, 0) is 16.0 Å². The van der Waals surface area contributed by atoms with E-state index in [-0.39, 0.29) is 5.94 Å². The van der Waals surface area contributed by atoms with Crippen LogP contribution in [0.2, 0.25) is 0 Å². The van der Waals surface area contributed by atoms with Gasteiger partial charge in [-0.2, -0.15) is 13.2 Å². The maximum atomic E-state index is 11.9. The Kier molecular flexibility index (Phi) is 7.98. The zero-order chi connectivity index (χ0) is 14.8. The van der Waals surface area contributed by atoms with E-state index in [1.54, 1.807) is 7.11 Å². The van der Waals surface area contributed by atoms with E-state index in [0.29, 0.717) is 6.61 Å². The lowest BCUT2D eigenvalue weighted by molar-refractivity contribution is -0.168. The fourth-order valence-electron chi connectivity index (χ4n) is 1.38. The number of benzene rings is 1. The smallest absolute Gasteiger partial charge is 0.383 e. The summed E-state index contributed by atoms with van der Waals surface area (Å²) in [4.78, 5) is 0.882. The molecule has 0 radical (unpaired) electrons. The van der Waals surface area contributed by atoms with Gasteiger partial charge < -0.3 is 14.8 Å². The Morgan fingerprint density at radius 2 is 1.90 bits per heavy atom. The van der Waals surface area contributed by atoms with Gasteiger partial charge in [0.25, 0.3) is 0 Å². The van der Waals surface area contributed by atoms with Crippen molar-refractivity contribution in [2.75, 3.05) is 32.8 Å². The minimum absolute atomic E-state index is 0.00898. The van der Waals surface area contributed by atoms with Crippen LogP contribution in [0.4, 0.5) is 13.2 Å². The van der Waals surface area contributed by atoms with Crippen molar-refractivity contribution in [3.05, 3.63) is 29.8 Å². The lowest BCUT2D eigenvalue weighted by atomic mass is 10.2. The molecule has 0 heterocycles. The summed E-state index contributed by atoms with van der Waals surface area (Å²) >= 11 is 1.24. The lowest BCUT2D eigenvalue weighted by Gasteiger charge is -2.08. The number of rotatable bonds is 9. The standard InChI is InChI=1S/C13H18F3NO2S/c1-18-7-6-17-8-11-2-4-12(5-3-11)20-10-19-9-13(14,15)16/h2-5,17H,6-10H2,1H3. The summed E-state index contributed by atoms with van der Waals surface area (Å²) in [5.74, 6) is -0.00898. The SMILES string of the molecule is COCCNCc1ccc(SCOCC(F)(F)F)cc1. The van der Waals surface area contributed by atoms with Crippen molar-refractivity contribution in [3.63, 3.8) is 0 Å². The van der Waals surface area contributed by atoms with Gasteiger partial charge in [0.05, 0.1) is 12.5 Å². The second kappa shape index (κ2) is 9.23. The minimum atomic E-state index is -4.27. The van der Waals surface area contributed by atoms with Crippen LogP contribution in [0.3, 0.4) is 0 Å². The van der Waals surface area contributed by atoms with Gasteiger partial charge in [-0.25, -0.2) is 0 Å². The largest absolute Gasteiger partial charge is 0.411 e. The molecule has 20 heavy (non-hydrogen) atoms. The third kappa shape index (κ3) is 8.42. The average Bonchev–Trinajstić information content (AvgIpc) is 2.40. The predicted molar refractivity (Wildman–Crippen MR) is 72.8 cm³/mol. The zero-order valence-corrected chi connectivity index (χ0v) is 12.0. The van der Waals surface area contributed by atoms with Crippen LogP contribution in [0.15, 0.2) is 29.2 Å². The Morgan fingerprint density at radius 1 is 1.20 bits per heavy atom. The Balaban J connectivity index is 2.21. The predicted octanol–water partition coefficient (Wildman–Crippen LogP) is 3.05. The molecule has 0 saturated heterocycles. The molecule has 7 heteroatoms. The molecule has 0 fully saturated rings. The summed E-state index contributed by atoms with van der Waals surface area (Å²) in [5.41, 5.74) is 1.11. The van der Waals surface area contributed by atoms with Crippen LogP contribution in [0.25, 0.3) is 0 Å². The van der Waals surface area contributed by atoms with Crippen LogP contribution in [0, 0.1) is 0 Å². The molecule has 1 aromatic rings. The molecule has 0 aliphatic heterocycles. The van der Waals surface area contributed by atoms with Gasteiger partial charge in [-0.05, 0) is 17.7 Å². The van der Waals surface area contributed by atoms with Crippen LogP contribution in [0.1, 0.15) is 5.56 Å². The van der Waals surface area contributed by atoms with Crippen molar-refractivity contribution in [2.24, 2.45) is 0 Å². The van der Waals surface area contributed by atoms with Crippen molar-refractivity contribution < 1.29 is 22.6 Å². The summed E-state index contributed by atoms with van der Waals surface area (Å²) in [5, 5.41) is 3.21. The number of alkyl halides is 3. The maximum absolute atomic E-state index is 11.9. The number of halogens is 3. The first-order chi connectivity index (χ1) is 9.51. The van der Waals surface area contributed by atoms with Gasteiger partial charge in [0, 0.05) is 25.1 Å². The van der Waals surface area contributed by atoms with Gasteiger partial charge >= 0.3 is 6.18 Å². The van der Waals surface area contributed by atoms with E-state index in [4.69, 9.17) is 4.74 Å². The Morgan fingerprint density at radius 3 is 2.50 bits per heavy atom.